The summed E-state index contributed by atoms with van der Waals surface area (Å²) in [4.78, 5) is 25.8. The normalized spacial score (nSPS) is 11.6. The number of phenols is 1. The minimum atomic E-state index is -0.937. The van der Waals surface area contributed by atoms with E-state index < -0.39 is 6.10 Å². The highest BCUT2D eigenvalue weighted by Gasteiger charge is 2.22. The zero-order valence-electron chi connectivity index (χ0n) is 19.7. The Labute approximate surface area is 205 Å². The number of aromatic nitrogens is 2. The fraction of sp³-hybridized carbons (Fsp3) is 0.179. The van der Waals surface area contributed by atoms with Gasteiger partial charge in [0.15, 0.2) is 0 Å². The van der Waals surface area contributed by atoms with Gasteiger partial charge in [-0.25, -0.2) is 4.98 Å². The Hall–Kier alpha value is -4.23. The van der Waals surface area contributed by atoms with E-state index >= 15 is 0 Å². The van der Waals surface area contributed by atoms with Crippen molar-refractivity contribution in [2.45, 2.75) is 12.6 Å². The van der Waals surface area contributed by atoms with E-state index in [0.29, 0.717) is 23.5 Å². The molecule has 0 aliphatic heterocycles. The lowest BCUT2D eigenvalue weighted by Gasteiger charge is -2.24. The van der Waals surface area contributed by atoms with E-state index in [1.807, 2.05) is 66.5 Å². The standard InChI is InChI=1S/C28H28N4O3/c1-31(18-22-12-6-7-14-29-22)27-16-24(20-9-4-3-5-10-20)25(17-30-27)28(35)32(2)19-26(34)21-11-8-13-23(33)15-21/h3-17,26,33-34H,18-19H2,1-2H3. The van der Waals surface area contributed by atoms with Crippen LogP contribution in [-0.4, -0.2) is 51.6 Å². The number of likely N-dealkylation sites (N-methyl/N-ethyl adjacent to an activating group) is 1. The minimum Gasteiger partial charge on any atom is -0.508 e. The van der Waals surface area contributed by atoms with Crippen molar-refractivity contribution in [3.8, 4) is 16.9 Å². The lowest BCUT2D eigenvalue weighted by atomic mass is 10.00. The number of anilines is 1. The third-order valence-corrected chi connectivity index (χ3v) is 5.77. The van der Waals surface area contributed by atoms with Gasteiger partial charge in [0.2, 0.25) is 0 Å². The first-order valence-corrected chi connectivity index (χ1v) is 11.3. The number of nitrogens with zero attached hydrogens (tertiary/aromatic N) is 4. The molecule has 0 saturated heterocycles. The van der Waals surface area contributed by atoms with Crippen LogP contribution in [0.5, 0.6) is 5.75 Å². The first-order chi connectivity index (χ1) is 16.9. The number of rotatable bonds is 8. The van der Waals surface area contributed by atoms with Crippen LogP contribution in [0.25, 0.3) is 11.1 Å². The Morgan fingerprint density at radius 1 is 0.943 bits per heavy atom. The molecule has 35 heavy (non-hydrogen) atoms. The number of carbonyl (C=O) groups is 1. The van der Waals surface area contributed by atoms with E-state index in [0.717, 1.165) is 16.8 Å². The molecule has 1 atom stereocenters. The molecule has 1 amide bonds. The third kappa shape index (κ3) is 5.83. The Bertz CT molecular complexity index is 1280. The van der Waals surface area contributed by atoms with Crippen LogP contribution in [0.2, 0.25) is 0 Å². The molecular weight excluding hydrogens is 440 g/mol. The largest absolute Gasteiger partial charge is 0.508 e. The molecule has 2 aromatic heterocycles. The summed E-state index contributed by atoms with van der Waals surface area (Å²) in [5.41, 5.74) is 3.55. The van der Waals surface area contributed by atoms with Crippen LogP contribution in [0.1, 0.15) is 27.7 Å². The molecule has 7 nitrogen and oxygen atoms in total. The van der Waals surface area contributed by atoms with Gasteiger partial charge in [-0.2, -0.15) is 0 Å². The Balaban J connectivity index is 1.61. The van der Waals surface area contributed by atoms with Crippen molar-refractivity contribution in [1.29, 1.82) is 0 Å². The summed E-state index contributed by atoms with van der Waals surface area (Å²) in [6, 6.07) is 23.8. The van der Waals surface area contributed by atoms with Crippen molar-refractivity contribution in [3.05, 3.63) is 108 Å². The van der Waals surface area contributed by atoms with E-state index in [-0.39, 0.29) is 18.2 Å². The molecule has 4 aromatic rings. The maximum atomic E-state index is 13.4. The van der Waals surface area contributed by atoms with Gasteiger partial charge >= 0.3 is 0 Å². The van der Waals surface area contributed by atoms with Crippen LogP contribution < -0.4 is 4.90 Å². The predicted octanol–water partition coefficient (Wildman–Crippen LogP) is 4.29. The van der Waals surface area contributed by atoms with Gasteiger partial charge in [-0.3, -0.25) is 9.78 Å². The Kier molecular flexibility index (Phi) is 7.38. The number of aliphatic hydroxyl groups is 1. The molecule has 0 aliphatic carbocycles. The van der Waals surface area contributed by atoms with Crippen molar-refractivity contribution in [1.82, 2.24) is 14.9 Å². The van der Waals surface area contributed by atoms with Crippen molar-refractivity contribution in [2.75, 3.05) is 25.5 Å². The fourth-order valence-corrected chi connectivity index (χ4v) is 3.88. The van der Waals surface area contributed by atoms with Gasteiger partial charge in [0.25, 0.3) is 5.91 Å². The second-order valence-electron chi connectivity index (χ2n) is 8.43. The number of hydrogen-bond acceptors (Lipinski definition) is 6. The predicted molar refractivity (Wildman–Crippen MR) is 136 cm³/mol. The van der Waals surface area contributed by atoms with Crippen LogP contribution in [-0.2, 0) is 6.54 Å². The molecule has 0 fully saturated rings. The molecule has 0 aliphatic rings. The first-order valence-electron chi connectivity index (χ1n) is 11.3. The maximum absolute atomic E-state index is 13.4. The minimum absolute atomic E-state index is 0.0662. The van der Waals surface area contributed by atoms with Crippen molar-refractivity contribution in [2.24, 2.45) is 0 Å². The quantitative estimate of drug-likeness (QED) is 0.401. The van der Waals surface area contributed by atoms with Gasteiger partial charge in [-0.05, 0) is 47.0 Å². The number of phenolic OH excluding ortho intramolecular Hbond substituents is 1. The summed E-state index contributed by atoms with van der Waals surface area (Å²) in [7, 11) is 3.58. The number of carbonyl (C=O) groups excluding carboxylic acids is 1. The fourth-order valence-electron chi connectivity index (χ4n) is 3.88. The monoisotopic (exact) mass is 468 g/mol. The van der Waals surface area contributed by atoms with E-state index in [1.165, 1.54) is 17.0 Å². The SMILES string of the molecule is CN(CC(O)c1cccc(O)c1)C(=O)c1cnc(N(C)Cc2ccccn2)cc1-c1ccccc1. The molecule has 178 valence electrons. The van der Waals surface area contributed by atoms with Crippen LogP contribution >= 0.6 is 0 Å². The highest BCUT2D eigenvalue weighted by atomic mass is 16.3. The number of aromatic hydroxyl groups is 1. The molecule has 0 radical (unpaired) electrons. The molecule has 0 saturated carbocycles. The molecule has 7 heteroatoms. The molecule has 0 spiro atoms. The number of aliphatic hydroxyl groups excluding tert-OH is 1. The summed E-state index contributed by atoms with van der Waals surface area (Å²) in [6.45, 7) is 0.642. The van der Waals surface area contributed by atoms with Crippen molar-refractivity contribution >= 4 is 11.7 Å². The molecular formula is C28H28N4O3. The summed E-state index contributed by atoms with van der Waals surface area (Å²) in [5.74, 6) is 0.527. The van der Waals surface area contributed by atoms with E-state index in [4.69, 9.17) is 0 Å². The van der Waals surface area contributed by atoms with E-state index in [1.54, 1.807) is 31.6 Å². The van der Waals surface area contributed by atoms with Gasteiger partial charge in [0.1, 0.15) is 11.6 Å². The van der Waals surface area contributed by atoms with E-state index in [2.05, 4.69) is 9.97 Å². The second-order valence-corrected chi connectivity index (χ2v) is 8.43. The number of benzene rings is 2. The average Bonchev–Trinajstić information content (AvgIpc) is 2.89. The maximum Gasteiger partial charge on any atom is 0.255 e. The number of amides is 1. The lowest BCUT2D eigenvalue weighted by Crippen LogP contribution is -2.31. The highest BCUT2D eigenvalue weighted by molar-refractivity contribution is 6.01. The Morgan fingerprint density at radius 3 is 2.43 bits per heavy atom. The topological polar surface area (TPSA) is 89.8 Å². The summed E-state index contributed by atoms with van der Waals surface area (Å²) in [6.07, 6.45) is 2.41. The van der Waals surface area contributed by atoms with Crippen molar-refractivity contribution in [3.63, 3.8) is 0 Å². The second kappa shape index (κ2) is 10.8. The smallest absolute Gasteiger partial charge is 0.255 e. The third-order valence-electron chi connectivity index (χ3n) is 5.77. The van der Waals surface area contributed by atoms with Crippen molar-refractivity contribution < 1.29 is 15.0 Å². The highest BCUT2D eigenvalue weighted by Crippen LogP contribution is 2.29. The summed E-state index contributed by atoms with van der Waals surface area (Å²) < 4.78 is 0. The summed E-state index contributed by atoms with van der Waals surface area (Å²) in [5, 5.41) is 20.3. The first kappa shape index (κ1) is 23.9. The van der Waals surface area contributed by atoms with Gasteiger partial charge in [0, 0.05) is 26.5 Å². The Morgan fingerprint density at radius 2 is 1.71 bits per heavy atom. The van der Waals surface area contributed by atoms with Crippen LogP contribution in [0.3, 0.4) is 0 Å². The van der Waals surface area contributed by atoms with Gasteiger partial charge < -0.3 is 20.0 Å². The van der Waals surface area contributed by atoms with Crippen LogP contribution in [0.15, 0.2) is 91.3 Å². The summed E-state index contributed by atoms with van der Waals surface area (Å²) >= 11 is 0. The molecule has 1 unspecified atom stereocenters. The zero-order chi connectivity index (χ0) is 24.8. The van der Waals surface area contributed by atoms with Crippen LogP contribution in [0.4, 0.5) is 5.82 Å². The van der Waals surface area contributed by atoms with Gasteiger partial charge in [-0.1, -0.05) is 48.5 Å². The zero-order valence-corrected chi connectivity index (χ0v) is 19.7. The average molecular weight is 469 g/mol. The molecule has 0 bridgehead atoms. The van der Waals surface area contributed by atoms with Crippen LogP contribution in [0, 0.1) is 0 Å². The number of pyridine rings is 2. The van der Waals surface area contributed by atoms with E-state index in [9.17, 15) is 15.0 Å². The van der Waals surface area contributed by atoms with Gasteiger partial charge in [0.05, 0.1) is 30.5 Å². The molecule has 2 heterocycles. The molecule has 2 aromatic carbocycles. The van der Waals surface area contributed by atoms with Gasteiger partial charge in [-0.15, -0.1) is 0 Å². The molecule has 2 N–H and O–H groups in total. The number of hydrogen-bond donors (Lipinski definition) is 2. The molecule has 4 rings (SSSR count). The lowest BCUT2D eigenvalue weighted by molar-refractivity contribution is 0.0681.